The summed E-state index contributed by atoms with van der Waals surface area (Å²) in [4.78, 5) is 3.09. The number of aromatic nitrogens is 1. The Hall–Kier alpha value is -1.52. The van der Waals surface area contributed by atoms with Crippen molar-refractivity contribution in [2.24, 2.45) is 5.73 Å². The molecule has 4 heteroatoms. The maximum Gasteiger partial charge on any atom is 0.128 e. The van der Waals surface area contributed by atoms with E-state index in [1.165, 1.54) is 0 Å². The minimum atomic E-state index is -0.612. The van der Waals surface area contributed by atoms with Crippen molar-refractivity contribution in [3.63, 3.8) is 0 Å². The predicted molar refractivity (Wildman–Crippen MR) is 58.9 cm³/mol. The number of rotatable bonds is 4. The van der Waals surface area contributed by atoms with Gasteiger partial charge in [0.25, 0.3) is 0 Å². The monoisotopic (exact) mass is 206 g/mol. The molecule has 1 aromatic heterocycles. The molecule has 15 heavy (non-hydrogen) atoms. The number of fused-ring (bicyclic) bond motifs is 1. The Bertz CT molecular complexity index is 439. The summed E-state index contributed by atoms with van der Waals surface area (Å²) in [5.41, 5.74) is 6.32. The molecule has 0 saturated carbocycles. The van der Waals surface area contributed by atoms with Crippen LogP contribution in [0.4, 0.5) is 0 Å². The molecule has 1 aromatic carbocycles. The molecule has 4 nitrogen and oxygen atoms in total. The first-order chi connectivity index (χ1) is 7.31. The van der Waals surface area contributed by atoms with Crippen molar-refractivity contribution >= 4 is 10.9 Å². The van der Waals surface area contributed by atoms with Gasteiger partial charge in [-0.2, -0.15) is 0 Å². The fourth-order valence-corrected chi connectivity index (χ4v) is 1.44. The lowest BCUT2D eigenvalue weighted by atomic mass is 10.2. The van der Waals surface area contributed by atoms with Crippen molar-refractivity contribution < 1.29 is 9.84 Å². The molecule has 1 heterocycles. The number of hydrogen-bond acceptors (Lipinski definition) is 3. The van der Waals surface area contributed by atoms with Crippen molar-refractivity contribution in [1.29, 1.82) is 0 Å². The molecule has 0 aliphatic heterocycles. The van der Waals surface area contributed by atoms with Crippen LogP contribution in [0.3, 0.4) is 0 Å². The molecular formula is C11H14N2O2. The van der Waals surface area contributed by atoms with Crippen LogP contribution in [-0.2, 0) is 0 Å². The molecule has 0 amide bonds. The van der Waals surface area contributed by atoms with E-state index in [1.54, 1.807) is 0 Å². The highest BCUT2D eigenvalue weighted by atomic mass is 16.5. The van der Waals surface area contributed by atoms with E-state index in [-0.39, 0.29) is 13.2 Å². The van der Waals surface area contributed by atoms with E-state index in [1.807, 2.05) is 30.5 Å². The molecule has 0 fully saturated rings. The van der Waals surface area contributed by atoms with Gasteiger partial charge in [-0.15, -0.1) is 0 Å². The number of nitrogens with one attached hydrogen (secondary N) is 1. The van der Waals surface area contributed by atoms with Crippen molar-refractivity contribution in [2.45, 2.75) is 6.10 Å². The highest BCUT2D eigenvalue weighted by Gasteiger charge is 2.05. The third kappa shape index (κ3) is 2.11. The first-order valence-electron chi connectivity index (χ1n) is 4.88. The third-order valence-corrected chi connectivity index (χ3v) is 2.26. The third-order valence-electron chi connectivity index (χ3n) is 2.26. The Labute approximate surface area is 87.7 Å². The highest BCUT2D eigenvalue weighted by Crippen LogP contribution is 2.24. The molecule has 80 valence electrons. The number of aromatic amines is 1. The topological polar surface area (TPSA) is 71.3 Å². The molecular weight excluding hydrogens is 192 g/mol. The van der Waals surface area contributed by atoms with E-state index in [9.17, 15) is 5.11 Å². The van der Waals surface area contributed by atoms with Gasteiger partial charge in [-0.3, -0.25) is 0 Å². The zero-order valence-corrected chi connectivity index (χ0v) is 8.31. The molecule has 0 spiro atoms. The number of H-pyrrole nitrogens is 1. The average Bonchev–Trinajstić information content (AvgIpc) is 2.74. The Kier molecular flexibility index (Phi) is 2.89. The van der Waals surface area contributed by atoms with Gasteiger partial charge >= 0.3 is 0 Å². The number of benzene rings is 1. The van der Waals surface area contributed by atoms with E-state index in [0.717, 1.165) is 16.7 Å². The molecule has 0 unspecified atom stereocenters. The van der Waals surface area contributed by atoms with Crippen molar-refractivity contribution in [3.8, 4) is 5.75 Å². The maximum atomic E-state index is 9.28. The second-order valence-corrected chi connectivity index (χ2v) is 3.40. The van der Waals surface area contributed by atoms with Crippen LogP contribution in [0.2, 0.25) is 0 Å². The quantitative estimate of drug-likeness (QED) is 0.695. The molecule has 2 rings (SSSR count). The van der Waals surface area contributed by atoms with Crippen molar-refractivity contribution in [3.05, 3.63) is 30.5 Å². The van der Waals surface area contributed by atoms with E-state index < -0.39 is 6.10 Å². The number of hydrogen-bond donors (Lipinski definition) is 3. The van der Waals surface area contributed by atoms with E-state index in [0.29, 0.717) is 0 Å². The molecule has 2 aromatic rings. The summed E-state index contributed by atoms with van der Waals surface area (Å²) in [6.45, 7) is 0.434. The smallest absolute Gasteiger partial charge is 0.128 e. The SMILES string of the molecule is NC[C@@H](O)COc1cccc2[nH]ccc12. The van der Waals surface area contributed by atoms with E-state index >= 15 is 0 Å². The first-order valence-corrected chi connectivity index (χ1v) is 4.88. The van der Waals surface area contributed by atoms with Gasteiger partial charge in [0.05, 0.1) is 0 Å². The van der Waals surface area contributed by atoms with Gasteiger partial charge in [-0.05, 0) is 18.2 Å². The normalized spacial score (nSPS) is 12.9. The van der Waals surface area contributed by atoms with Crippen molar-refractivity contribution in [2.75, 3.05) is 13.2 Å². The summed E-state index contributed by atoms with van der Waals surface area (Å²) < 4.78 is 5.48. The van der Waals surface area contributed by atoms with Gasteiger partial charge in [0.15, 0.2) is 0 Å². The van der Waals surface area contributed by atoms with E-state index in [2.05, 4.69) is 4.98 Å². The summed E-state index contributed by atoms with van der Waals surface area (Å²) in [6, 6.07) is 7.70. The maximum absolute atomic E-state index is 9.28. The van der Waals surface area contributed by atoms with Crippen LogP contribution < -0.4 is 10.5 Å². The summed E-state index contributed by atoms with van der Waals surface area (Å²) in [5, 5.41) is 10.3. The van der Waals surface area contributed by atoms with Gasteiger partial charge < -0.3 is 20.6 Å². The standard InChI is InChI=1S/C11H14N2O2/c12-6-8(14)7-15-11-3-1-2-10-9(11)4-5-13-10/h1-5,8,13-14H,6-7,12H2/t8-/m1/s1. The Balaban J connectivity index is 2.17. The highest BCUT2D eigenvalue weighted by molar-refractivity contribution is 5.85. The van der Waals surface area contributed by atoms with Gasteiger partial charge in [-0.1, -0.05) is 6.07 Å². The number of nitrogens with two attached hydrogens (primary N) is 1. The molecule has 0 bridgehead atoms. The molecule has 0 radical (unpaired) electrons. The van der Waals surface area contributed by atoms with Crippen LogP contribution in [-0.4, -0.2) is 29.3 Å². The van der Waals surface area contributed by atoms with Gasteiger partial charge in [0.2, 0.25) is 0 Å². The molecule has 0 saturated heterocycles. The summed E-state index contributed by atoms with van der Waals surface area (Å²) in [5.74, 6) is 0.765. The number of ether oxygens (including phenoxy) is 1. The fraction of sp³-hybridized carbons (Fsp3) is 0.273. The van der Waals surface area contributed by atoms with Crippen LogP contribution >= 0.6 is 0 Å². The molecule has 4 N–H and O–H groups in total. The number of aliphatic hydroxyl groups is 1. The lowest BCUT2D eigenvalue weighted by Crippen LogP contribution is -2.26. The van der Waals surface area contributed by atoms with Crippen LogP contribution in [0.5, 0.6) is 5.75 Å². The van der Waals surface area contributed by atoms with Crippen LogP contribution in [0.25, 0.3) is 10.9 Å². The van der Waals surface area contributed by atoms with Crippen LogP contribution in [0.15, 0.2) is 30.5 Å². The first kappa shape index (κ1) is 10.0. The lowest BCUT2D eigenvalue weighted by molar-refractivity contribution is 0.115. The molecule has 0 aliphatic carbocycles. The van der Waals surface area contributed by atoms with Gasteiger partial charge in [0.1, 0.15) is 18.5 Å². The van der Waals surface area contributed by atoms with Gasteiger partial charge in [-0.25, -0.2) is 0 Å². The Morgan fingerprint density at radius 1 is 1.40 bits per heavy atom. The molecule has 1 atom stereocenters. The zero-order chi connectivity index (χ0) is 10.7. The van der Waals surface area contributed by atoms with Crippen molar-refractivity contribution in [1.82, 2.24) is 4.98 Å². The lowest BCUT2D eigenvalue weighted by Gasteiger charge is -2.10. The number of aliphatic hydroxyl groups excluding tert-OH is 1. The van der Waals surface area contributed by atoms with Crippen LogP contribution in [0, 0.1) is 0 Å². The molecule has 0 aliphatic rings. The zero-order valence-electron chi connectivity index (χ0n) is 8.31. The van der Waals surface area contributed by atoms with Crippen LogP contribution in [0.1, 0.15) is 0 Å². The fourth-order valence-electron chi connectivity index (χ4n) is 1.44. The summed E-state index contributed by atoms with van der Waals surface area (Å²) >= 11 is 0. The predicted octanol–water partition coefficient (Wildman–Crippen LogP) is 0.866. The van der Waals surface area contributed by atoms with E-state index in [4.69, 9.17) is 10.5 Å². The Morgan fingerprint density at radius 2 is 2.27 bits per heavy atom. The van der Waals surface area contributed by atoms with Gasteiger partial charge in [0, 0.05) is 23.6 Å². The second-order valence-electron chi connectivity index (χ2n) is 3.40. The second kappa shape index (κ2) is 4.33. The minimum Gasteiger partial charge on any atom is -0.490 e. The summed E-state index contributed by atoms with van der Waals surface area (Å²) in [7, 11) is 0. The minimum absolute atomic E-state index is 0.211. The summed E-state index contributed by atoms with van der Waals surface area (Å²) in [6.07, 6.45) is 1.25. The largest absolute Gasteiger partial charge is 0.490 e. The average molecular weight is 206 g/mol. The Morgan fingerprint density at radius 3 is 3.07 bits per heavy atom.